The van der Waals surface area contributed by atoms with Crippen LogP contribution in [0.15, 0.2) is 36.5 Å². The molecule has 0 aliphatic rings. The fourth-order valence-electron chi connectivity index (χ4n) is 2.18. The molecule has 1 unspecified atom stereocenters. The number of fused-ring (bicyclic) bond motifs is 1. The van der Waals surface area contributed by atoms with Crippen LogP contribution in [0, 0.1) is 0 Å². The van der Waals surface area contributed by atoms with E-state index in [1.807, 2.05) is 12.3 Å². The number of hydrogen-bond donors (Lipinski definition) is 1. The highest BCUT2D eigenvalue weighted by molar-refractivity contribution is 5.79. The summed E-state index contributed by atoms with van der Waals surface area (Å²) in [5, 5.41) is 4.69. The minimum Gasteiger partial charge on any atom is -0.385 e. The summed E-state index contributed by atoms with van der Waals surface area (Å²) < 4.78 is 5.18. The van der Waals surface area contributed by atoms with Gasteiger partial charge in [-0.25, -0.2) is 0 Å². The molecule has 0 aliphatic heterocycles. The van der Waals surface area contributed by atoms with Crippen LogP contribution in [-0.4, -0.2) is 25.2 Å². The third-order valence-corrected chi connectivity index (χ3v) is 3.09. The lowest BCUT2D eigenvalue weighted by molar-refractivity contribution is 0.183. The Labute approximate surface area is 108 Å². The Morgan fingerprint density at radius 1 is 1.33 bits per heavy atom. The van der Waals surface area contributed by atoms with Crippen LogP contribution in [0.25, 0.3) is 10.9 Å². The molecule has 3 heteroatoms. The van der Waals surface area contributed by atoms with Gasteiger partial charge in [0, 0.05) is 31.3 Å². The highest BCUT2D eigenvalue weighted by Gasteiger charge is 2.10. The third-order valence-electron chi connectivity index (χ3n) is 3.09. The van der Waals surface area contributed by atoms with Crippen LogP contribution in [0.2, 0.25) is 0 Å². The van der Waals surface area contributed by atoms with Gasteiger partial charge in [0.2, 0.25) is 0 Å². The van der Waals surface area contributed by atoms with Gasteiger partial charge in [-0.3, -0.25) is 4.98 Å². The van der Waals surface area contributed by atoms with E-state index >= 15 is 0 Å². The van der Waals surface area contributed by atoms with Gasteiger partial charge in [-0.15, -0.1) is 0 Å². The molecule has 2 aromatic rings. The fraction of sp³-hybridized carbons (Fsp3) is 0.400. The molecule has 0 saturated heterocycles. The zero-order valence-corrected chi connectivity index (χ0v) is 11.0. The number of ether oxygens (including phenoxy) is 1. The first-order chi connectivity index (χ1) is 8.85. The van der Waals surface area contributed by atoms with E-state index in [1.54, 1.807) is 7.11 Å². The number of rotatable bonds is 6. The molecule has 0 radical (unpaired) electrons. The fourth-order valence-corrected chi connectivity index (χ4v) is 2.18. The second-order valence-electron chi connectivity index (χ2n) is 4.35. The number of aromatic nitrogens is 1. The summed E-state index contributed by atoms with van der Waals surface area (Å²) in [5.74, 6) is 0. The molecule has 1 N–H and O–H groups in total. The van der Waals surface area contributed by atoms with Crippen molar-refractivity contribution >= 4 is 10.9 Å². The maximum atomic E-state index is 5.18. The average molecular weight is 244 g/mol. The zero-order valence-electron chi connectivity index (χ0n) is 11.0. The molecule has 1 atom stereocenters. The first-order valence-electron chi connectivity index (χ1n) is 6.42. The van der Waals surface area contributed by atoms with E-state index in [2.05, 4.69) is 41.5 Å². The van der Waals surface area contributed by atoms with Gasteiger partial charge in [0.05, 0.1) is 5.52 Å². The molecule has 0 spiro atoms. The standard InChI is InChI=1S/C15H20N2O/c1-3-16-15(8-10-18-2)13-6-7-14-12(11-13)5-4-9-17-14/h4-7,9,11,15-16H,3,8,10H2,1-2H3. The molecule has 0 aliphatic carbocycles. The molecule has 2 rings (SSSR count). The topological polar surface area (TPSA) is 34.1 Å². The predicted octanol–water partition coefficient (Wildman–Crippen LogP) is 2.92. The first kappa shape index (κ1) is 13.0. The van der Waals surface area contributed by atoms with E-state index in [1.165, 1.54) is 10.9 Å². The molecule has 0 amide bonds. The van der Waals surface area contributed by atoms with E-state index in [4.69, 9.17) is 4.74 Å². The summed E-state index contributed by atoms with van der Waals surface area (Å²) in [6.07, 6.45) is 2.81. The summed E-state index contributed by atoms with van der Waals surface area (Å²) >= 11 is 0. The Kier molecular flexibility index (Phi) is 4.67. The summed E-state index contributed by atoms with van der Waals surface area (Å²) in [4.78, 5) is 4.34. The summed E-state index contributed by atoms with van der Waals surface area (Å²) in [7, 11) is 1.74. The van der Waals surface area contributed by atoms with Gasteiger partial charge < -0.3 is 10.1 Å². The zero-order chi connectivity index (χ0) is 12.8. The van der Waals surface area contributed by atoms with Crippen molar-refractivity contribution in [1.82, 2.24) is 10.3 Å². The smallest absolute Gasteiger partial charge is 0.0702 e. The summed E-state index contributed by atoms with van der Waals surface area (Å²) in [6.45, 7) is 3.85. The Morgan fingerprint density at radius 3 is 3.00 bits per heavy atom. The van der Waals surface area contributed by atoms with Gasteiger partial charge in [0.1, 0.15) is 0 Å². The van der Waals surface area contributed by atoms with Crippen molar-refractivity contribution in [3.8, 4) is 0 Å². The monoisotopic (exact) mass is 244 g/mol. The van der Waals surface area contributed by atoms with Crippen molar-refractivity contribution in [2.45, 2.75) is 19.4 Å². The Balaban J connectivity index is 2.25. The lowest BCUT2D eigenvalue weighted by Gasteiger charge is -2.18. The number of nitrogens with one attached hydrogen (secondary N) is 1. The van der Waals surface area contributed by atoms with Crippen LogP contribution in [0.4, 0.5) is 0 Å². The number of pyridine rings is 1. The van der Waals surface area contributed by atoms with Crippen molar-refractivity contribution in [3.63, 3.8) is 0 Å². The predicted molar refractivity (Wildman–Crippen MR) is 74.7 cm³/mol. The number of methoxy groups -OCH3 is 1. The largest absolute Gasteiger partial charge is 0.385 e. The van der Waals surface area contributed by atoms with Crippen molar-refractivity contribution in [2.75, 3.05) is 20.3 Å². The summed E-state index contributed by atoms with van der Waals surface area (Å²) in [5.41, 5.74) is 2.35. The molecular formula is C15H20N2O. The molecule has 1 aromatic heterocycles. The maximum Gasteiger partial charge on any atom is 0.0702 e. The van der Waals surface area contributed by atoms with Crippen molar-refractivity contribution in [3.05, 3.63) is 42.1 Å². The molecule has 18 heavy (non-hydrogen) atoms. The number of hydrogen-bond acceptors (Lipinski definition) is 3. The van der Waals surface area contributed by atoms with E-state index in [-0.39, 0.29) is 0 Å². The quantitative estimate of drug-likeness (QED) is 0.848. The number of benzene rings is 1. The first-order valence-corrected chi connectivity index (χ1v) is 6.42. The van der Waals surface area contributed by atoms with Gasteiger partial charge in [0.25, 0.3) is 0 Å². The number of nitrogens with zero attached hydrogens (tertiary/aromatic N) is 1. The van der Waals surface area contributed by atoms with Gasteiger partial charge in [-0.05, 0) is 36.7 Å². The van der Waals surface area contributed by atoms with Gasteiger partial charge in [-0.1, -0.05) is 19.1 Å². The third kappa shape index (κ3) is 3.06. The molecule has 0 bridgehead atoms. The van der Waals surface area contributed by atoms with Gasteiger partial charge >= 0.3 is 0 Å². The van der Waals surface area contributed by atoms with Crippen LogP contribution in [0.5, 0.6) is 0 Å². The maximum absolute atomic E-state index is 5.18. The van der Waals surface area contributed by atoms with Crippen molar-refractivity contribution < 1.29 is 4.74 Å². The van der Waals surface area contributed by atoms with E-state index in [9.17, 15) is 0 Å². The lowest BCUT2D eigenvalue weighted by Crippen LogP contribution is -2.22. The van der Waals surface area contributed by atoms with Gasteiger partial charge in [0.15, 0.2) is 0 Å². The van der Waals surface area contributed by atoms with Crippen LogP contribution in [0.3, 0.4) is 0 Å². The van der Waals surface area contributed by atoms with E-state index in [0.717, 1.165) is 25.1 Å². The minimum absolute atomic E-state index is 0.347. The van der Waals surface area contributed by atoms with E-state index < -0.39 is 0 Å². The molecule has 0 saturated carbocycles. The molecule has 0 fully saturated rings. The van der Waals surface area contributed by atoms with Crippen molar-refractivity contribution in [1.29, 1.82) is 0 Å². The van der Waals surface area contributed by atoms with Gasteiger partial charge in [-0.2, -0.15) is 0 Å². The molecular weight excluding hydrogens is 224 g/mol. The minimum atomic E-state index is 0.347. The van der Waals surface area contributed by atoms with Crippen LogP contribution in [0.1, 0.15) is 24.9 Å². The Morgan fingerprint density at radius 2 is 2.22 bits per heavy atom. The second kappa shape index (κ2) is 6.47. The molecule has 1 aromatic carbocycles. The van der Waals surface area contributed by atoms with Crippen LogP contribution >= 0.6 is 0 Å². The Bertz CT molecular complexity index is 499. The lowest BCUT2D eigenvalue weighted by atomic mass is 10.0. The van der Waals surface area contributed by atoms with Crippen LogP contribution in [-0.2, 0) is 4.74 Å². The second-order valence-corrected chi connectivity index (χ2v) is 4.35. The normalized spacial score (nSPS) is 12.8. The van der Waals surface area contributed by atoms with E-state index in [0.29, 0.717) is 6.04 Å². The SMILES string of the molecule is CCNC(CCOC)c1ccc2ncccc2c1. The molecule has 96 valence electrons. The van der Waals surface area contributed by atoms with Crippen molar-refractivity contribution in [2.24, 2.45) is 0 Å². The average Bonchev–Trinajstić information content (AvgIpc) is 2.43. The Hall–Kier alpha value is -1.45. The van der Waals surface area contributed by atoms with Crippen LogP contribution < -0.4 is 5.32 Å². The molecule has 3 nitrogen and oxygen atoms in total. The molecule has 1 heterocycles. The highest BCUT2D eigenvalue weighted by atomic mass is 16.5. The summed E-state index contributed by atoms with van der Waals surface area (Å²) in [6, 6.07) is 10.9. The highest BCUT2D eigenvalue weighted by Crippen LogP contribution is 2.21.